The Morgan fingerprint density at radius 3 is 2.48 bits per heavy atom. The van der Waals surface area contributed by atoms with Crippen LogP contribution >= 0.6 is 0 Å². The molecule has 0 fully saturated rings. The molecule has 0 saturated heterocycles. The van der Waals surface area contributed by atoms with Crippen LogP contribution in [0.1, 0.15) is 17.4 Å². The van der Waals surface area contributed by atoms with E-state index in [1.54, 1.807) is 24.3 Å². The Balaban J connectivity index is 2.11. The number of hydrogen-bond acceptors (Lipinski definition) is 4. The first-order valence-corrected chi connectivity index (χ1v) is 5.92. The molecule has 21 heavy (non-hydrogen) atoms. The maximum Gasteiger partial charge on any atom is 0.421 e. The van der Waals surface area contributed by atoms with Crippen molar-refractivity contribution in [2.75, 3.05) is 0 Å². The maximum atomic E-state index is 12.3. The van der Waals surface area contributed by atoms with Gasteiger partial charge in [-0.2, -0.15) is 13.2 Å². The summed E-state index contributed by atoms with van der Waals surface area (Å²) in [6.45, 7) is 0.0762. The van der Waals surface area contributed by atoms with E-state index in [4.69, 9.17) is 9.84 Å². The molecule has 1 heterocycles. The van der Waals surface area contributed by atoms with Gasteiger partial charge in [0.2, 0.25) is 17.3 Å². The molecular formula is C14H11F3O4. The standard InChI is InChI=1S/C14H11F3O4/c15-14(16,17)13(19)11-6-10(18)12(8-21-11)20-7-9-4-2-1-3-5-9/h1-6,8,13,19H,7H2. The van der Waals surface area contributed by atoms with Gasteiger partial charge in [-0.15, -0.1) is 0 Å². The topological polar surface area (TPSA) is 59.7 Å². The summed E-state index contributed by atoms with van der Waals surface area (Å²) in [5, 5.41) is 8.98. The zero-order valence-corrected chi connectivity index (χ0v) is 10.6. The van der Waals surface area contributed by atoms with Crippen molar-refractivity contribution in [3.8, 4) is 5.75 Å². The molecule has 0 saturated carbocycles. The van der Waals surface area contributed by atoms with Gasteiger partial charge in [0.15, 0.2) is 0 Å². The largest absolute Gasteiger partial charge is 0.482 e. The van der Waals surface area contributed by atoms with Crippen LogP contribution in [-0.4, -0.2) is 11.3 Å². The van der Waals surface area contributed by atoms with Gasteiger partial charge in [-0.25, -0.2) is 0 Å². The van der Waals surface area contributed by atoms with Gasteiger partial charge in [-0.3, -0.25) is 4.79 Å². The number of aliphatic hydroxyl groups excluding tert-OH is 1. The van der Waals surface area contributed by atoms with E-state index < -0.39 is 23.5 Å². The van der Waals surface area contributed by atoms with Gasteiger partial charge >= 0.3 is 6.18 Å². The first kappa shape index (κ1) is 15.1. The molecule has 1 aromatic carbocycles. The summed E-state index contributed by atoms with van der Waals surface area (Å²) in [4.78, 5) is 11.6. The van der Waals surface area contributed by atoms with Crippen LogP contribution in [0.25, 0.3) is 0 Å². The van der Waals surface area contributed by atoms with E-state index >= 15 is 0 Å². The number of benzene rings is 1. The van der Waals surface area contributed by atoms with Gasteiger partial charge in [-0.05, 0) is 5.56 Å². The van der Waals surface area contributed by atoms with Crippen LogP contribution in [-0.2, 0) is 6.61 Å². The maximum absolute atomic E-state index is 12.3. The predicted molar refractivity (Wildman–Crippen MR) is 66.8 cm³/mol. The van der Waals surface area contributed by atoms with E-state index in [1.807, 2.05) is 6.07 Å². The zero-order chi connectivity index (χ0) is 15.5. The van der Waals surface area contributed by atoms with Crippen LogP contribution in [0.2, 0.25) is 0 Å². The quantitative estimate of drug-likeness (QED) is 0.943. The molecule has 0 bridgehead atoms. The molecule has 0 aliphatic heterocycles. The Morgan fingerprint density at radius 1 is 1.24 bits per heavy atom. The summed E-state index contributed by atoms with van der Waals surface area (Å²) in [5.41, 5.74) is -0.00761. The van der Waals surface area contributed by atoms with Crippen molar-refractivity contribution in [1.29, 1.82) is 0 Å². The smallest absolute Gasteiger partial charge is 0.421 e. The average Bonchev–Trinajstić information content (AvgIpc) is 2.45. The third-order valence-corrected chi connectivity index (χ3v) is 2.63. The third kappa shape index (κ3) is 3.85. The van der Waals surface area contributed by atoms with Gasteiger partial charge in [0.05, 0.1) is 0 Å². The number of ether oxygens (including phenoxy) is 1. The monoisotopic (exact) mass is 300 g/mol. The first-order chi connectivity index (χ1) is 9.88. The van der Waals surface area contributed by atoms with Gasteiger partial charge in [0.25, 0.3) is 0 Å². The summed E-state index contributed by atoms with van der Waals surface area (Å²) in [6, 6.07) is 9.48. The molecule has 0 aliphatic carbocycles. The van der Waals surface area contributed by atoms with Gasteiger partial charge < -0.3 is 14.3 Å². The summed E-state index contributed by atoms with van der Waals surface area (Å²) in [6.07, 6.45) is -6.98. The Labute approximate surface area is 117 Å². The molecule has 2 rings (SSSR count). The lowest BCUT2D eigenvalue weighted by atomic mass is 10.2. The normalized spacial score (nSPS) is 13.0. The van der Waals surface area contributed by atoms with Crippen molar-refractivity contribution in [2.24, 2.45) is 0 Å². The minimum Gasteiger partial charge on any atom is -0.482 e. The van der Waals surface area contributed by atoms with Gasteiger partial charge in [0, 0.05) is 6.07 Å². The summed E-state index contributed by atoms with van der Waals surface area (Å²) < 4.78 is 46.7. The van der Waals surface area contributed by atoms with Crippen molar-refractivity contribution in [3.63, 3.8) is 0 Å². The SMILES string of the molecule is O=c1cc(C(O)C(F)(F)F)occ1OCc1ccccc1. The molecule has 0 amide bonds. The van der Waals surface area contributed by atoms with Crippen molar-refractivity contribution >= 4 is 0 Å². The van der Waals surface area contributed by atoms with E-state index in [0.29, 0.717) is 6.07 Å². The molecular weight excluding hydrogens is 289 g/mol. The van der Waals surface area contributed by atoms with Crippen molar-refractivity contribution in [3.05, 3.63) is 64.2 Å². The minimum atomic E-state index is -4.90. The average molecular weight is 300 g/mol. The van der Waals surface area contributed by atoms with E-state index in [9.17, 15) is 18.0 Å². The Kier molecular flexibility index (Phi) is 4.32. The highest BCUT2D eigenvalue weighted by Crippen LogP contribution is 2.32. The fourth-order valence-electron chi connectivity index (χ4n) is 1.56. The second-order valence-corrected chi connectivity index (χ2v) is 4.23. The third-order valence-electron chi connectivity index (χ3n) is 2.63. The summed E-state index contributed by atoms with van der Waals surface area (Å²) in [7, 11) is 0. The van der Waals surface area contributed by atoms with Crippen LogP contribution in [0.3, 0.4) is 0 Å². The molecule has 4 nitrogen and oxygen atoms in total. The Hall–Kier alpha value is -2.28. The molecule has 0 radical (unpaired) electrons. The van der Waals surface area contributed by atoms with E-state index in [-0.39, 0.29) is 12.4 Å². The lowest BCUT2D eigenvalue weighted by molar-refractivity contribution is -0.212. The number of rotatable bonds is 4. The van der Waals surface area contributed by atoms with Crippen LogP contribution in [0.5, 0.6) is 5.75 Å². The molecule has 1 aromatic heterocycles. The molecule has 112 valence electrons. The predicted octanol–water partition coefficient (Wildman–Crippen LogP) is 2.81. The summed E-state index contributed by atoms with van der Waals surface area (Å²) >= 11 is 0. The van der Waals surface area contributed by atoms with E-state index in [1.165, 1.54) is 0 Å². The summed E-state index contributed by atoms with van der Waals surface area (Å²) in [5.74, 6) is -1.10. The minimum absolute atomic E-state index is 0.0762. The number of halogens is 3. The van der Waals surface area contributed by atoms with Crippen LogP contribution in [0.4, 0.5) is 13.2 Å². The Morgan fingerprint density at radius 2 is 1.90 bits per heavy atom. The number of hydrogen-bond donors (Lipinski definition) is 1. The zero-order valence-electron chi connectivity index (χ0n) is 10.6. The number of aliphatic hydroxyl groups is 1. The lowest BCUT2D eigenvalue weighted by Crippen LogP contribution is -2.21. The number of alkyl halides is 3. The van der Waals surface area contributed by atoms with Crippen LogP contribution < -0.4 is 10.2 Å². The second kappa shape index (κ2) is 6.01. The second-order valence-electron chi connectivity index (χ2n) is 4.23. The van der Waals surface area contributed by atoms with Crippen molar-refractivity contribution in [1.82, 2.24) is 0 Å². The molecule has 7 heteroatoms. The van der Waals surface area contributed by atoms with E-state index in [2.05, 4.69) is 4.42 Å². The van der Waals surface area contributed by atoms with Crippen LogP contribution in [0.15, 0.2) is 51.9 Å². The highest BCUT2D eigenvalue weighted by Gasteiger charge is 2.41. The highest BCUT2D eigenvalue weighted by molar-refractivity contribution is 5.20. The molecule has 0 aliphatic rings. The van der Waals surface area contributed by atoms with Crippen molar-refractivity contribution in [2.45, 2.75) is 18.9 Å². The van der Waals surface area contributed by atoms with Crippen LogP contribution in [0, 0.1) is 0 Å². The highest BCUT2D eigenvalue weighted by atomic mass is 19.4. The Bertz CT molecular complexity index is 649. The molecule has 1 unspecified atom stereocenters. The van der Waals surface area contributed by atoms with Crippen molar-refractivity contribution < 1.29 is 27.4 Å². The fraction of sp³-hybridized carbons (Fsp3) is 0.214. The molecule has 0 spiro atoms. The first-order valence-electron chi connectivity index (χ1n) is 5.92. The van der Waals surface area contributed by atoms with Gasteiger partial charge in [-0.1, -0.05) is 30.3 Å². The molecule has 2 aromatic rings. The molecule has 1 N–H and O–H groups in total. The fourth-order valence-corrected chi connectivity index (χ4v) is 1.56. The van der Waals surface area contributed by atoms with E-state index in [0.717, 1.165) is 11.8 Å². The van der Waals surface area contributed by atoms with Gasteiger partial charge in [0.1, 0.15) is 18.6 Å². The lowest BCUT2D eigenvalue weighted by Gasteiger charge is -2.13. The molecule has 1 atom stereocenters.